The minimum Gasteiger partial charge on any atom is -0.502 e. The normalized spacial score (nSPS) is 12.1. The van der Waals surface area contributed by atoms with Gasteiger partial charge in [-0.25, -0.2) is 21.6 Å². The summed E-state index contributed by atoms with van der Waals surface area (Å²) in [5.41, 5.74) is 0.488. The highest BCUT2D eigenvalue weighted by Crippen LogP contribution is 2.33. The molecule has 0 saturated heterocycles. The van der Waals surface area contributed by atoms with Gasteiger partial charge in [0.05, 0.1) is 15.5 Å². The standard InChI is InChI=1S/C23H19NO7S2/c1-15-3-8-19(9-4-15)32(27,28)24(33(29,30)20-10-5-16(2)6-11-20)18-7-12-22-17(13-18)14-21(25)23(26)31-22/h3-14,25H,1-2H3. The lowest BCUT2D eigenvalue weighted by Crippen LogP contribution is -2.37. The van der Waals surface area contributed by atoms with Gasteiger partial charge in [0.1, 0.15) is 5.58 Å². The largest absolute Gasteiger partial charge is 0.502 e. The van der Waals surface area contributed by atoms with Crippen molar-refractivity contribution < 1.29 is 26.4 Å². The maximum atomic E-state index is 13.6. The van der Waals surface area contributed by atoms with Gasteiger partial charge in [0.25, 0.3) is 20.0 Å². The van der Waals surface area contributed by atoms with Crippen LogP contribution in [0.4, 0.5) is 5.69 Å². The highest BCUT2D eigenvalue weighted by molar-refractivity contribution is 8.10. The Hall–Kier alpha value is -3.63. The lowest BCUT2D eigenvalue weighted by atomic mass is 10.2. The molecule has 0 aliphatic carbocycles. The Balaban J connectivity index is 2.00. The number of nitrogens with zero attached hydrogens (tertiary/aromatic N) is 1. The van der Waals surface area contributed by atoms with Gasteiger partial charge >= 0.3 is 5.63 Å². The van der Waals surface area contributed by atoms with Crippen LogP contribution in [0.2, 0.25) is 0 Å². The van der Waals surface area contributed by atoms with Crippen molar-refractivity contribution in [1.82, 2.24) is 0 Å². The predicted molar refractivity (Wildman–Crippen MR) is 123 cm³/mol. The topological polar surface area (TPSA) is 122 Å². The van der Waals surface area contributed by atoms with E-state index in [0.717, 1.165) is 17.2 Å². The van der Waals surface area contributed by atoms with Gasteiger partial charge in [-0.2, -0.15) is 3.71 Å². The summed E-state index contributed by atoms with van der Waals surface area (Å²) >= 11 is 0. The summed E-state index contributed by atoms with van der Waals surface area (Å²) in [6, 6.07) is 16.4. The van der Waals surface area contributed by atoms with Crippen molar-refractivity contribution in [3.8, 4) is 5.75 Å². The van der Waals surface area contributed by atoms with Crippen LogP contribution in [0.15, 0.2) is 91.8 Å². The predicted octanol–water partition coefficient (Wildman–Crippen LogP) is 3.70. The molecular weight excluding hydrogens is 466 g/mol. The molecule has 0 atom stereocenters. The number of hydrogen-bond donors (Lipinski definition) is 1. The first-order chi connectivity index (χ1) is 15.5. The summed E-state index contributed by atoms with van der Waals surface area (Å²) in [5.74, 6) is -0.686. The minimum absolute atomic E-state index is 0.0574. The number of rotatable bonds is 5. The van der Waals surface area contributed by atoms with Crippen LogP contribution in [0.5, 0.6) is 5.75 Å². The molecule has 0 aliphatic heterocycles. The van der Waals surface area contributed by atoms with E-state index >= 15 is 0 Å². The Morgan fingerprint density at radius 1 is 0.727 bits per heavy atom. The number of aryl methyl sites for hydroxylation is 2. The van der Waals surface area contributed by atoms with E-state index in [2.05, 4.69) is 0 Å². The number of sulfonamides is 2. The summed E-state index contributed by atoms with van der Waals surface area (Å²) in [4.78, 5) is 11.1. The molecule has 0 unspecified atom stereocenters. The van der Waals surface area contributed by atoms with Crippen molar-refractivity contribution >= 4 is 36.7 Å². The molecule has 33 heavy (non-hydrogen) atoms. The highest BCUT2D eigenvalue weighted by atomic mass is 32.3. The monoisotopic (exact) mass is 485 g/mol. The van der Waals surface area contributed by atoms with E-state index in [1.54, 1.807) is 38.1 Å². The molecule has 0 aliphatic rings. The summed E-state index contributed by atoms with van der Waals surface area (Å²) in [6.07, 6.45) is 0. The van der Waals surface area contributed by atoms with E-state index in [-0.39, 0.29) is 26.4 Å². The Kier molecular flexibility index (Phi) is 5.51. The van der Waals surface area contributed by atoms with E-state index in [0.29, 0.717) is 3.71 Å². The maximum absolute atomic E-state index is 13.6. The molecule has 1 N–H and O–H groups in total. The second-order valence-electron chi connectivity index (χ2n) is 7.47. The molecule has 10 heteroatoms. The maximum Gasteiger partial charge on any atom is 0.378 e. The average molecular weight is 486 g/mol. The Labute approximate surface area is 190 Å². The van der Waals surface area contributed by atoms with Crippen molar-refractivity contribution in [1.29, 1.82) is 0 Å². The molecule has 0 spiro atoms. The number of benzene rings is 3. The first-order valence-electron chi connectivity index (χ1n) is 9.71. The number of fused-ring (bicyclic) bond motifs is 1. The van der Waals surface area contributed by atoms with Crippen molar-refractivity contribution in [2.45, 2.75) is 23.6 Å². The molecule has 4 rings (SSSR count). The van der Waals surface area contributed by atoms with Crippen LogP contribution in [0.1, 0.15) is 11.1 Å². The molecule has 8 nitrogen and oxygen atoms in total. The van der Waals surface area contributed by atoms with Gasteiger partial charge in [-0.05, 0) is 62.4 Å². The fourth-order valence-electron chi connectivity index (χ4n) is 3.23. The summed E-state index contributed by atoms with van der Waals surface area (Å²) in [6.45, 7) is 3.56. The highest BCUT2D eigenvalue weighted by Gasteiger charge is 2.37. The van der Waals surface area contributed by atoms with Gasteiger partial charge in [0, 0.05) is 5.39 Å². The third kappa shape index (κ3) is 4.10. The van der Waals surface area contributed by atoms with Gasteiger partial charge in [-0.1, -0.05) is 35.4 Å². The SMILES string of the molecule is Cc1ccc(S(=O)(=O)N(c2ccc3oc(=O)c(O)cc3c2)S(=O)(=O)c2ccc(C)cc2)cc1. The quantitative estimate of drug-likeness (QED) is 0.428. The second kappa shape index (κ2) is 8.05. The minimum atomic E-state index is -4.58. The van der Waals surface area contributed by atoms with Gasteiger partial charge in [0.2, 0.25) is 5.75 Å². The third-order valence-electron chi connectivity index (χ3n) is 4.98. The fraction of sp³-hybridized carbons (Fsp3) is 0.0870. The second-order valence-corrected chi connectivity index (χ2v) is 11.3. The van der Waals surface area contributed by atoms with Crippen LogP contribution < -0.4 is 9.34 Å². The van der Waals surface area contributed by atoms with Crippen molar-refractivity contribution in [2.24, 2.45) is 0 Å². The van der Waals surface area contributed by atoms with E-state index in [1.807, 2.05) is 0 Å². The number of aromatic hydroxyl groups is 1. The lowest BCUT2D eigenvalue weighted by molar-refractivity contribution is 0.428. The lowest BCUT2D eigenvalue weighted by Gasteiger charge is -2.24. The van der Waals surface area contributed by atoms with Crippen LogP contribution >= 0.6 is 0 Å². The van der Waals surface area contributed by atoms with Gasteiger partial charge in [0.15, 0.2) is 0 Å². The molecule has 1 aromatic heterocycles. The van der Waals surface area contributed by atoms with Crippen LogP contribution in [0.3, 0.4) is 0 Å². The van der Waals surface area contributed by atoms with Gasteiger partial charge < -0.3 is 9.52 Å². The molecule has 0 bridgehead atoms. The first-order valence-corrected chi connectivity index (χ1v) is 12.6. The van der Waals surface area contributed by atoms with E-state index in [9.17, 15) is 26.7 Å². The zero-order valence-corrected chi connectivity index (χ0v) is 19.2. The molecule has 0 saturated carbocycles. The number of hydrogen-bond acceptors (Lipinski definition) is 7. The molecule has 3 aromatic carbocycles. The zero-order chi connectivity index (χ0) is 24.0. The van der Waals surface area contributed by atoms with Crippen LogP contribution in [-0.2, 0) is 20.0 Å². The first kappa shape index (κ1) is 22.6. The van der Waals surface area contributed by atoms with Crippen molar-refractivity contribution in [3.63, 3.8) is 0 Å². The zero-order valence-electron chi connectivity index (χ0n) is 17.6. The molecular formula is C23H19NO7S2. The Bertz CT molecular complexity index is 1550. The summed E-state index contributed by atoms with van der Waals surface area (Å²) < 4.78 is 59.8. The van der Waals surface area contributed by atoms with E-state index in [1.165, 1.54) is 42.5 Å². The van der Waals surface area contributed by atoms with Gasteiger partial charge in [-0.3, -0.25) is 0 Å². The third-order valence-corrected chi connectivity index (χ3v) is 9.19. The molecule has 1 heterocycles. The van der Waals surface area contributed by atoms with E-state index in [4.69, 9.17) is 4.42 Å². The van der Waals surface area contributed by atoms with Crippen LogP contribution in [0.25, 0.3) is 11.0 Å². The van der Waals surface area contributed by atoms with Crippen LogP contribution in [0, 0.1) is 13.8 Å². The molecule has 4 aromatic rings. The van der Waals surface area contributed by atoms with Crippen LogP contribution in [-0.4, -0.2) is 21.9 Å². The summed E-state index contributed by atoms with van der Waals surface area (Å²) in [5, 5.41) is 9.86. The van der Waals surface area contributed by atoms with Crippen molar-refractivity contribution in [2.75, 3.05) is 3.71 Å². The van der Waals surface area contributed by atoms with Gasteiger partial charge in [-0.15, -0.1) is 0 Å². The smallest absolute Gasteiger partial charge is 0.378 e. The molecule has 0 fully saturated rings. The summed E-state index contributed by atoms with van der Waals surface area (Å²) in [7, 11) is -9.17. The molecule has 0 amide bonds. The fourth-order valence-corrected chi connectivity index (χ4v) is 6.91. The molecule has 0 radical (unpaired) electrons. The average Bonchev–Trinajstić information content (AvgIpc) is 2.75. The molecule has 170 valence electrons. The Morgan fingerprint density at radius 2 is 1.21 bits per heavy atom. The number of anilines is 1. The van der Waals surface area contributed by atoms with Crippen molar-refractivity contribution in [3.05, 3.63) is 94.3 Å². The Morgan fingerprint density at radius 3 is 1.70 bits per heavy atom. The van der Waals surface area contributed by atoms with E-state index < -0.39 is 31.4 Å².